The highest BCUT2D eigenvalue weighted by atomic mass is 16.4. The Morgan fingerprint density at radius 3 is 2.39 bits per heavy atom. The van der Waals surface area contributed by atoms with Crippen LogP contribution in [0.4, 0.5) is 4.79 Å². The minimum Gasteiger partial charge on any atom is -0.481 e. The molecule has 102 valence electrons. The summed E-state index contributed by atoms with van der Waals surface area (Å²) < 4.78 is 0. The lowest BCUT2D eigenvalue weighted by molar-refractivity contribution is -0.143. The molecule has 5 nitrogen and oxygen atoms in total. The van der Waals surface area contributed by atoms with Crippen LogP contribution in [-0.4, -0.2) is 29.2 Å². The lowest BCUT2D eigenvalue weighted by atomic mass is 9.82. The minimum absolute atomic E-state index is 0.204. The normalized spacial score (nSPS) is 35.4. The molecule has 0 aromatic rings. The molecule has 2 atom stereocenters. The van der Waals surface area contributed by atoms with Gasteiger partial charge in [0, 0.05) is 12.1 Å². The fourth-order valence-electron chi connectivity index (χ4n) is 3.01. The predicted octanol–water partition coefficient (Wildman–Crippen LogP) is 1.73. The van der Waals surface area contributed by atoms with Crippen molar-refractivity contribution in [2.75, 3.05) is 0 Å². The molecule has 0 aliphatic heterocycles. The largest absolute Gasteiger partial charge is 0.481 e. The number of carboxylic acids is 1. The molecule has 5 heteroatoms. The molecule has 2 fully saturated rings. The molecule has 0 spiro atoms. The first-order valence-corrected chi connectivity index (χ1v) is 6.86. The molecule has 3 N–H and O–H groups in total. The second-order valence-electron chi connectivity index (χ2n) is 5.73. The van der Waals surface area contributed by atoms with Gasteiger partial charge in [0.1, 0.15) is 0 Å². The van der Waals surface area contributed by atoms with E-state index < -0.39 is 11.9 Å². The first kappa shape index (κ1) is 13.2. The fourth-order valence-corrected chi connectivity index (χ4v) is 3.01. The van der Waals surface area contributed by atoms with Crippen molar-refractivity contribution in [2.45, 2.75) is 57.5 Å². The van der Waals surface area contributed by atoms with E-state index in [1.807, 2.05) is 0 Å². The summed E-state index contributed by atoms with van der Waals surface area (Å²) in [5.41, 5.74) is 0. The van der Waals surface area contributed by atoms with Crippen LogP contribution in [0.5, 0.6) is 0 Å². The van der Waals surface area contributed by atoms with Gasteiger partial charge in [-0.25, -0.2) is 4.79 Å². The number of hydrogen-bond donors (Lipinski definition) is 3. The van der Waals surface area contributed by atoms with E-state index in [4.69, 9.17) is 5.11 Å². The van der Waals surface area contributed by atoms with Crippen LogP contribution in [0.15, 0.2) is 0 Å². The topological polar surface area (TPSA) is 78.4 Å². The van der Waals surface area contributed by atoms with Gasteiger partial charge >= 0.3 is 12.0 Å². The molecule has 0 bridgehead atoms. The lowest BCUT2D eigenvalue weighted by Gasteiger charge is -2.35. The highest BCUT2D eigenvalue weighted by Crippen LogP contribution is 2.27. The predicted molar refractivity (Wildman–Crippen MR) is 67.2 cm³/mol. The van der Waals surface area contributed by atoms with Crippen LogP contribution in [0.25, 0.3) is 0 Å². The Labute approximate surface area is 107 Å². The number of rotatable bonds is 3. The van der Waals surface area contributed by atoms with Gasteiger partial charge in [-0.3, -0.25) is 4.79 Å². The number of amides is 2. The zero-order valence-electron chi connectivity index (χ0n) is 10.8. The Morgan fingerprint density at radius 2 is 1.78 bits per heavy atom. The van der Waals surface area contributed by atoms with Crippen molar-refractivity contribution in [1.29, 1.82) is 0 Å². The Morgan fingerprint density at radius 1 is 1.11 bits per heavy atom. The summed E-state index contributed by atoms with van der Waals surface area (Å²) in [6, 6.07) is -0.148. The van der Waals surface area contributed by atoms with Crippen molar-refractivity contribution in [3.05, 3.63) is 0 Å². The Balaban J connectivity index is 1.79. The standard InChI is InChI=1S/C13H22N2O3/c1-8-6-9(7-8)14-13(18)15-11-5-3-2-4-10(11)12(16)17/h8-11H,2-7H2,1H3,(H,16,17)(H2,14,15,18). The molecule has 18 heavy (non-hydrogen) atoms. The third-order valence-corrected chi connectivity index (χ3v) is 4.11. The van der Waals surface area contributed by atoms with E-state index in [1.165, 1.54) is 0 Å². The molecule has 0 aromatic carbocycles. The Bertz CT molecular complexity index is 326. The molecule has 2 rings (SSSR count). The molecule has 2 unspecified atom stereocenters. The summed E-state index contributed by atoms with van der Waals surface area (Å²) >= 11 is 0. The summed E-state index contributed by atoms with van der Waals surface area (Å²) in [4.78, 5) is 22.9. The van der Waals surface area contributed by atoms with Crippen LogP contribution in [0.1, 0.15) is 45.4 Å². The summed E-state index contributed by atoms with van der Waals surface area (Å²) in [6.07, 6.45) is 5.43. The van der Waals surface area contributed by atoms with E-state index in [9.17, 15) is 9.59 Å². The average Bonchev–Trinajstić information content (AvgIpc) is 2.27. The number of carbonyl (C=O) groups is 2. The number of carbonyl (C=O) groups excluding carboxylic acids is 1. The summed E-state index contributed by atoms with van der Waals surface area (Å²) in [5.74, 6) is -0.529. The number of nitrogens with one attached hydrogen (secondary N) is 2. The van der Waals surface area contributed by atoms with Gasteiger partial charge in [-0.1, -0.05) is 19.8 Å². The van der Waals surface area contributed by atoms with Gasteiger partial charge in [0.05, 0.1) is 5.92 Å². The molecule has 0 saturated heterocycles. The first-order valence-electron chi connectivity index (χ1n) is 6.86. The highest BCUT2D eigenvalue weighted by molar-refractivity contribution is 5.77. The van der Waals surface area contributed by atoms with Crippen LogP contribution in [-0.2, 0) is 4.79 Å². The lowest BCUT2D eigenvalue weighted by Crippen LogP contribution is -2.53. The SMILES string of the molecule is CC1CC(NC(=O)NC2CCCCC2C(=O)O)C1. The van der Waals surface area contributed by atoms with Crippen molar-refractivity contribution < 1.29 is 14.7 Å². The van der Waals surface area contributed by atoms with E-state index in [1.54, 1.807) is 0 Å². The van der Waals surface area contributed by atoms with Crippen molar-refractivity contribution in [1.82, 2.24) is 10.6 Å². The van der Waals surface area contributed by atoms with Crippen molar-refractivity contribution in [2.24, 2.45) is 11.8 Å². The molecule has 2 aliphatic carbocycles. The van der Waals surface area contributed by atoms with Crippen LogP contribution < -0.4 is 10.6 Å². The zero-order chi connectivity index (χ0) is 13.1. The van der Waals surface area contributed by atoms with Gasteiger partial charge < -0.3 is 15.7 Å². The number of carboxylic acid groups (broad SMARTS) is 1. The quantitative estimate of drug-likeness (QED) is 0.717. The van der Waals surface area contributed by atoms with E-state index in [0.717, 1.165) is 32.1 Å². The van der Waals surface area contributed by atoms with E-state index in [0.29, 0.717) is 12.3 Å². The van der Waals surface area contributed by atoms with Crippen molar-refractivity contribution in [3.8, 4) is 0 Å². The molecule has 0 aromatic heterocycles. The number of aliphatic carboxylic acids is 1. The summed E-state index contributed by atoms with van der Waals surface area (Å²) in [6.45, 7) is 2.16. The maximum Gasteiger partial charge on any atom is 0.315 e. The third-order valence-electron chi connectivity index (χ3n) is 4.11. The second-order valence-corrected chi connectivity index (χ2v) is 5.73. The van der Waals surface area contributed by atoms with Crippen molar-refractivity contribution >= 4 is 12.0 Å². The fraction of sp³-hybridized carbons (Fsp3) is 0.846. The Hall–Kier alpha value is -1.26. The molecular formula is C13H22N2O3. The van der Waals surface area contributed by atoms with Crippen LogP contribution >= 0.6 is 0 Å². The third kappa shape index (κ3) is 3.15. The van der Waals surface area contributed by atoms with E-state index in [2.05, 4.69) is 17.6 Å². The molecular weight excluding hydrogens is 232 g/mol. The van der Waals surface area contributed by atoms with Crippen molar-refractivity contribution in [3.63, 3.8) is 0 Å². The van der Waals surface area contributed by atoms with Gasteiger partial charge in [0.2, 0.25) is 0 Å². The van der Waals surface area contributed by atoms with Crippen LogP contribution in [0, 0.1) is 11.8 Å². The number of urea groups is 1. The van der Waals surface area contributed by atoms with Gasteiger partial charge in [0.15, 0.2) is 0 Å². The Kier molecular flexibility index (Phi) is 4.09. The molecule has 2 amide bonds. The zero-order valence-corrected chi connectivity index (χ0v) is 10.8. The smallest absolute Gasteiger partial charge is 0.315 e. The van der Waals surface area contributed by atoms with Crippen LogP contribution in [0.3, 0.4) is 0 Å². The van der Waals surface area contributed by atoms with Gasteiger partial charge in [-0.15, -0.1) is 0 Å². The monoisotopic (exact) mass is 254 g/mol. The minimum atomic E-state index is -0.794. The maximum absolute atomic E-state index is 11.8. The first-order chi connectivity index (χ1) is 8.56. The average molecular weight is 254 g/mol. The van der Waals surface area contributed by atoms with E-state index in [-0.39, 0.29) is 18.1 Å². The van der Waals surface area contributed by atoms with Crippen LogP contribution in [0.2, 0.25) is 0 Å². The highest BCUT2D eigenvalue weighted by Gasteiger charge is 2.33. The molecule has 0 radical (unpaired) electrons. The summed E-state index contributed by atoms with van der Waals surface area (Å²) in [5, 5.41) is 14.9. The van der Waals surface area contributed by atoms with Gasteiger partial charge in [-0.2, -0.15) is 0 Å². The maximum atomic E-state index is 11.8. The second kappa shape index (κ2) is 5.59. The molecule has 2 saturated carbocycles. The number of hydrogen-bond acceptors (Lipinski definition) is 2. The molecule has 2 aliphatic rings. The van der Waals surface area contributed by atoms with Gasteiger partial charge in [-0.05, 0) is 31.6 Å². The molecule has 0 heterocycles. The summed E-state index contributed by atoms with van der Waals surface area (Å²) in [7, 11) is 0. The van der Waals surface area contributed by atoms with Gasteiger partial charge in [0.25, 0.3) is 0 Å². The van der Waals surface area contributed by atoms with E-state index >= 15 is 0 Å².